The topological polar surface area (TPSA) is 119 Å². The number of carbonyl (C=O) groups excluding carboxylic acids is 2. The van der Waals surface area contributed by atoms with Crippen molar-refractivity contribution >= 4 is 12.1 Å². The molecule has 0 aromatic rings. The van der Waals surface area contributed by atoms with Gasteiger partial charge in [0.2, 0.25) is 0 Å². The van der Waals surface area contributed by atoms with Crippen molar-refractivity contribution in [3.63, 3.8) is 0 Å². The van der Waals surface area contributed by atoms with Crippen LogP contribution in [0, 0.1) is 0 Å². The second-order valence-electron chi connectivity index (χ2n) is 7.74. The average Bonchev–Trinajstić information content (AvgIpc) is 2.81. The molecular formula is C24H50N4O6. The van der Waals surface area contributed by atoms with Crippen molar-refractivity contribution in [3.8, 4) is 0 Å². The smallest absolute Gasteiger partial charge is 0.314 e. The van der Waals surface area contributed by atoms with Gasteiger partial charge in [-0.2, -0.15) is 0 Å². The van der Waals surface area contributed by atoms with E-state index >= 15 is 0 Å². The Hall–Kier alpha value is -1.62. The van der Waals surface area contributed by atoms with E-state index in [2.05, 4.69) is 21.3 Å². The standard InChI is InChI=1S/C24H50N4O6/c1-5-31-21(32-6-2)15-13-19-27-23(29)25-17-11-9-10-12-18-26-24(30)28-20-14-16-22(33-7-3)34-8-4/h21-22H,5-20H2,1-4H3,(H2,25,27,29)(H2,26,28,30). The summed E-state index contributed by atoms with van der Waals surface area (Å²) in [7, 11) is 0. The largest absolute Gasteiger partial charge is 0.353 e. The van der Waals surface area contributed by atoms with E-state index in [0.717, 1.165) is 51.4 Å². The summed E-state index contributed by atoms with van der Waals surface area (Å²) in [6.07, 6.45) is 6.58. The van der Waals surface area contributed by atoms with Gasteiger partial charge in [-0.25, -0.2) is 9.59 Å². The molecule has 0 bridgehead atoms. The normalized spacial score (nSPS) is 11.1. The molecule has 0 rings (SSSR count). The van der Waals surface area contributed by atoms with E-state index in [1.165, 1.54) is 0 Å². The van der Waals surface area contributed by atoms with Crippen molar-refractivity contribution in [1.29, 1.82) is 0 Å². The Morgan fingerprint density at radius 3 is 1.09 bits per heavy atom. The zero-order chi connectivity index (χ0) is 25.3. The lowest BCUT2D eigenvalue weighted by Crippen LogP contribution is -2.37. The van der Waals surface area contributed by atoms with Gasteiger partial charge in [0.1, 0.15) is 0 Å². The Balaban J connectivity index is 3.51. The van der Waals surface area contributed by atoms with E-state index in [1.807, 2.05) is 27.7 Å². The van der Waals surface area contributed by atoms with Crippen LogP contribution >= 0.6 is 0 Å². The molecule has 0 aliphatic heterocycles. The van der Waals surface area contributed by atoms with Crippen molar-refractivity contribution in [3.05, 3.63) is 0 Å². The molecular weight excluding hydrogens is 440 g/mol. The van der Waals surface area contributed by atoms with Crippen LogP contribution < -0.4 is 21.3 Å². The molecule has 0 heterocycles. The lowest BCUT2D eigenvalue weighted by molar-refractivity contribution is -0.140. The second-order valence-corrected chi connectivity index (χ2v) is 7.74. The van der Waals surface area contributed by atoms with Gasteiger partial charge in [-0.3, -0.25) is 0 Å². The summed E-state index contributed by atoms with van der Waals surface area (Å²) >= 11 is 0. The van der Waals surface area contributed by atoms with Crippen LogP contribution in [0.5, 0.6) is 0 Å². The molecule has 0 atom stereocenters. The number of unbranched alkanes of at least 4 members (excludes halogenated alkanes) is 3. The number of hydrogen-bond acceptors (Lipinski definition) is 6. The van der Waals surface area contributed by atoms with Gasteiger partial charge in [0.15, 0.2) is 12.6 Å². The molecule has 0 aromatic carbocycles. The number of ether oxygens (including phenoxy) is 4. The lowest BCUT2D eigenvalue weighted by Gasteiger charge is -2.16. The van der Waals surface area contributed by atoms with Gasteiger partial charge < -0.3 is 40.2 Å². The number of carbonyl (C=O) groups is 2. The molecule has 202 valence electrons. The van der Waals surface area contributed by atoms with Gasteiger partial charge in [-0.05, 0) is 53.4 Å². The van der Waals surface area contributed by atoms with E-state index in [9.17, 15) is 9.59 Å². The molecule has 0 saturated carbocycles. The van der Waals surface area contributed by atoms with E-state index in [1.54, 1.807) is 0 Å². The predicted molar refractivity (Wildman–Crippen MR) is 134 cm³/mol. The highest BCUT2D eigenvalue weighted by Gasteiger charge is 2.09. The molecule has 0 spiro atoms. The Bertz CT molecular complexity index is 430. The lowest BCUT2D eigenvalue weighted by atomic mass is 10.2. The zero-order valence-corrected chi connectivity index (χ0v) is 21.9. The summed E-state index contributed by atoms with van der Waals surface area (Å²) in [4.78, 5) is 23.6. The number of amides is 4. The first kappa shape index (κ1) is 32.4. The summed E-state index contributed by atoms with van der Waals surface area (Å²) in [5.41, 5.74) is 0. The number of rotatable bonds is 23. The van der Waals surface area contributed by atoms with Gasteiger partial charge in [0, 0.05) is 65.4 Å². The third kappa shape index (κ3) is 20.9. The summed E-state index contributed by atoms with van der Waals surface area (Å²) in [5, 5.41) is 11.5. The Labute approximate surface area is 206 Å². The minimum Gasteiger partial charge on any atom is -0.353 e. The van der Waals surface area contributed by atoms with Crippen molar-refractivity contribution in [2.45, 2.75) is 91.6 Å². The van der Waals surface area contributed by atoms with E-state index in [-0.39, 0.29) is 24.6 Å². The van der Waals surface area contributed by atoms with Crippen molar-refractivity contribution < 1.29 is 28.5 Å². The van der Waals surface area contributed by atoms with Gasteiger partial charge in [-0.15, -0.1) is 0 Å². The maximum absolute atomic E-state index is 11.8. The summed E-state index contributed by atoms with van der Waals surface area (Å²) in [5.74, 6) is 0. The monoisotopic (exact) mass is 490 g/mol. The van der Waals surface area contributed by atoms with E-state index in [0.29, 0.717) is 52.6 Å². The van der Waals surface area contributed by atoms with Gasteiger partial charge >= 0.3 is 12.1 Å². The first-order valence-electron chi connectivity index (χ1n) is 13.1. The van der Waals surface area contributed by atoms with Gasteiger partial charge in [0.25, 0.3) is 0 Å². The van der Waals surface area contributed by atoms with Gasteiger partial charge in [0.05, 0.1) is 0 Å². The molecule has 4 N–H and O–H groups in total. The van der Waals surface area contributed by atoms with Crippen LogP contribution in [0.2, 0.25) is 0 Å². The quantitative estimate of drug-likeness (QED) is 0.129. The predicted octanol–water partition coefficient (Wildman–Crippen LogP) is 3.50. The maximum atomic E-state index is 11.8. The molecule has 10 heteroatoms. The molecule has 0 saturated heterocycles. The summed E-state index contributed by atoms with van der Waals surface area (Å²) in [6.45, 7) is 12.7. The third-order valence-corrected chi connectivity index (χ3v) is 4.89. The molecule has 0 unspecified atom stereocenters. The van der Waals surface area contributed by atoms with Crippen LogP contribution in [0.15, 0.2) is 0 Å². The second kappa shape index (κ2) is 24.5. The Morgan fingerprint density at radius 2 is 0.794 bits per heavy atom. The van der Waals surface area contributed by atoms with Crippen LogP contribution in [0.25, 0.3) is 0 Å². The number of nitrogens with one attached hydrogen (secondary N) is 4. The van der Waals surface area contributed by atoms with Gasteiger partial charge in [-0.1, -0.05) is 12.8 Å². The molecule has 4 amide bonds. The molecule has 0 aromatic heterocycles. The highest BCUT2D eigenvalue weighted by atomic mass is 16.7. The third-order valence-electron chi connectivity index (χ3n) is 4.89. The first-order chi connectivity index (χ1) is 16.6. The molecule has 0 radical (unpaired) electrons. The average molecular weight is 491 g/mol. The zero-order valence-electron chi connectivity index (χ0n) is 21.9. The van der Waals surface area contributed by atoms with Crippen LogP contribution in [0.3, 0.4) is 0 Å². The SMILES string of the molecule is CCOC(CCCNC(=O)NCCCCCCNC(=O)NCCCC(OCC)OCC)OCC. The fourth-order valence-corrected chi connectivity index (χ4v) is 3.25. The minimum absolute atomic E-state index is 0.142. The maximum Gasteiger partial charge on any atom is 0.314 e. The van der Waals surface area contributed by atoms with Crippen LogP contribution in [-0.4, -0.2) is 77.2 Å². The van der Waals surface area contributed by atoms with Crippen molar-refractivity contribution in [2.24, 2.45) is 0 Å². The van der Waals surface area contributed by atoms with Crippen molar-refractivity contribution in [1.82, 2.24) is 21.3 Å². The highest BCUT2D eigenvalue weighted by molar-refractivity contribution is 5.74. The molecule has 10 nitrogen and oxygen atoms in total. The Kier molecular flexibility index (Phi) is 23.3. The fraction of sp³-hybridized carbons (Fsp3) is 0.917. The minimum atomic E-state index is -0.195. The van der Waals surface area contributed by atoms with Crippen LogP contribution in [0.1, 0.15) is 79.1 Å². The summed E-state index contributed by atoms with van der Waals surface area (Å²) < 4.78 is 21.9. The molecule has 0 aliphatic rings. The first-order valence-corrected chi connectivity index (χ1v) is 13.1. The number of hydrogen-bond donors (Lipinski definition) is 4. The van der Waals surface area contributed by atoms with E-state index in [4.69, 9.17) is 18.9 Å². The molecule has 0 fully saturated rings. The Morgan fingerprint density at radius 1 is 0.500 bits per heavy atom. The van der Waals surface area contributed by atoms with Crippen LogP contribution in [0.4, 0.5) is 9.59 Å². The van der Waals surface area contributed by atoms with E-state index < -0.39 is 0 Å². The number of urea groups is 2. The van der Waals surface area contributed by atoms with Crippen molar-refractivity contribution in [2.75, 3.05) is 52.6 Å². The molecule has 34 heavy (non-hydrogen) atoms. The highest BCUT2D eigenvalue weighted by Crippen LogP contribution is 2.04. The molecule has 0 aliphatic carbocycles. The summed E-state index contributed by atoms with van der Waals surface area (Å²) in [6, 6.07) is -0.284. The van der Waals surface area contributed by atoms with Crippen LogP contribution in [-0.2, 0) is 18.9 Å². The fourth-order valence-electron chi connectivity index (χ4n) is 3.25.